The average Bonchev–Trinajstić information content (AvgIpc) is 2.95. The van der Waals surface area contributed by atoms with Gasteiger partial charge in [-0.05, 0) is 37.1 Å². The summed E-state index contributed by atoms with van der Waals surface area (Å²) in [5.41, 5.74) is 4.16. The summed E-state index contributed by atoms with van der Waals surface area (Å²) in [6, 6.07) is 13.7. The van der Waals surface area contributed by atoms with E-state index in [1.165, 1.54) is 10.9 Å². The van der Waals surface area contributed by atoms with Crippen LogP contribution in [0.3, 0.4) is 0 Å². The molecule has 1 aliphatic heterocycles. The molecule has 25 heavy (non-hydrogen) atoms. The maximum Gasteiger partial charge on any atom is 0.224 e. The van der Waals surface area contributed by atoms with Crippen molar-refractivity contribution >= 4 is 22.5 Å². The summed E-state index contributed by atoms with van der Waals surface area (Å²) in [5.74, 6) is 1.39. The lowest BCUT2D eigenvalue weighted by Gasteiger charge is -2.19. The Morgan fingerprint density at radius 3 is 2.80 bits per heavy atom. The number of ether oxygens (including phenoxy) is 2. The minimum atomic E-state index is -0.0126. The molecular formula is C20H20N2O3. The van der Waals surface area contributed by atoms with Gasteiger partial charge in [0.1, 0.15) is 13.2 Å². The number of fused-ring (bicyclic) bond motifs is 2. The van der Waals surface area contributed by atoms with E-state index in [9.17, 15) is 4.79 Å². The topological polar surface area (TPSA) is 63.4 Å². The quantitative estimate of drug-likeness (QED) is 0.761. The lowest BCUT2D eigenvalue weighted by atomic mass is 10.1. The fourth-order valence-corrected chi connectivity index (χ4v) is 3.24. The molecule has 0 fully saturated rings. The van der Waals surface area contributed by atoms with Gasteiger partial charge in [-0.3, -0.25) is 4.79 Å². The highest BCUT2D eigenvalue weighted by Crippen LogP contribution is 2.32. The number of amides is 1. The Morgan fingerprint density at radius 1 is 1.12 bits per heavy atom. The molecule has 0 saturated carbocycles. The van der Waals surface area contributed by atoms with Gasteiger partial charge in [-0.1, -0.05) is 18.2 Å². The molecule has 1 aliphatic rings. The number of carbonyl (C=O) groups is 1. The Morgan fingerprint density at radius 2 is 1.92 bits per heavy atom. The van der Waals surface area contributed by atoms with Crippen LogP contribution in [0.15, 0.2) is 42.5 Å². The fraction of sp³-hybridized carbons (Fsp3) is 0.250. The van der Waals surface area contributed by atoms with Crippen molar-refractivity contribution in [3.8, 4) is 11.5 Å². The number of hydrogen-bond acceptors (Lipinski definition) is 3. The number of H-pyrrole nitrogens is 1. The summed E-state index contributed by atoms with van der Waals surface area (Å²) in [4.78, 5) is 15.7. The zero-order chi connectivity index (χ0) is 17.2. The minimum Gasteiger partial charge on any atom is -0.486 e. The van der Waals surface area contributed by atoms with Gasteiger partial charge < -0.3 is 19.8 Å². The molecule has 4 rings (SSSR count). The van der Waals surface area contributed by atoms with Gasteiger partial charge >= 0.3 is 0 Å². The van der Waals surface area contributed by atoms with Crippen LogP contribution in [0.5, 0.6) is 11.5 Å². The Hall–Kier alpha value is -2.95. The number of carbonyl (C=O) groups excluding carboxylic acids is 1. The van der Waals surface area contributed by atoms with Gasteiger partial charge in [-0.25, -0.2) is 0 Å². The normalized spacial score (nSPS) is 13.0. The highest BCUT2D eigenvalue weighted by molar-refractivity contribution is 5.92. The molecular weight excluding hydrogens is 316 g/mol. The molecule has 0 aliphatic carbocycles. The predicted molar refractivity (Wildman–Crippen MR) is 97.4 cm³/mol. The molecule has 2 heterocycles. The van der Waals surface area contributed by atoms with E-state index in [-0.39, 0.29) is 5.91 Å². The predicted octanol–water partition coefficient (Wildman–Crippen LogP) is 3.82. The highest BCUT2D eigenvalue weighted by atomic mass is 16.6. The Kier molecular flexibility index (Phi) is 4.06. The summed E-state index contributed by atoms with van der Waals surface area (Å²) in [5, 5.41) is 4.12. The maximum atomic E-state index is 12.3. The fourth-order valence-electron chi connectivity index (χ4n) is 3.24. The van der Waals surface area contributed by atoms with Crippen LogP contribution in [0, 0.1) is 6.92 Å². The summed E-state index contributed by atoms with van der Waals surface area (Å²) in [6.07, 6.45) is 1.13. The first-order chi connectivity index (χ1) is 12.2. The number of aryl methyl sites for hydroxylation is 2. The second kappa shape index (κ2) is 6.51. The van der Waals surface area contributed by atoms with Crippen LogP contribution in [0.2, 0.25) is 0 Å². The van der Waals surface area contributed by atoms with Gasteiger partial charge in [0.05, 0.1) is 0 Å². The summed E-state index contributed by atoms with van der Waals surface area (Å²) >= 11 is 0. The molecule has 0 atom stereocenters. The Balaban J connectivity index is 1.43. The number of benzene rings is 2. The standard InChI is InChI=1S/C20H20N2O3/c1-13-15(16-4-2-3-5-17(16)21-13)7-9-20(23)22-14-6-8-18-19(12-14)25-11-10-24-18/h2-6,8,12,21H,7,9-11H2,1H3,(H,22,23). The maximum absolute atomic E-state index is 12.3. The monoisotopic (exact) mass is 336 g/mol. The van der Waals surface area contributed by atoms with E-state index >= 15 is 0 Å². The number of anilines is 1. The SMILES string of the molecule is Cc1[nH]c2ccccc2c1CCC(=O)Nc1ccc2c(c1)OCCO2. The van der Waals surface area contributed by atoms with Gasteiger partial charge in [-0.15, -0.1) is 0 Å². The molecule has 128 valence electrons. The van der Waals surface area contributed by atoms with Crippen molar-refractivity contribution in [1.29, 1.82) is 0 Å². The van der Waals surface area contributed by atoms with Gasteiger partial charge in [0, 0.05) is 34.8 Å². The number of nitrogens with one attached hydrogen (secondary N) is 2. The average molecular weight is 336 g/mol. The van der Waals surface area contributed by atoms with E-state index in [4.69, 9.17) is 9.47 Å². The second-order valence-corrected chi connectivity index (χ2v) is 6.18. The Bertz CT molecular complexity index is 930. The first-order valence-electron chi connectivity index (χ1n) is 8.46. The molecule has 1 amide bonds. The molecule has 5 heteroatoms. The second-order valence-electron chi connectivity index (χ2n) is 6.18. The molecule has 0 radical (unpaired) electrons. The zero-order valence-corrected chi connectivity index (χ0v) is 14.1. The van der Waals surface area contributed by atoms with Crippen molar-refractivity contribution in [2.75, 3.05) is 18.5 Å². The van der Waals surface area contributed by atoms with Gasteiger partial charge in [0.25, 0.3) is 0 Å². The highest BCUT2D eigenvalue weighted by Gasteiger charge is 2.14. The van der Waals surface area contributed by atoms with Crippen LogP contribution in [0.1, 0.15) is 17.7 Å². The van der Waals surface area contributed by atoms with Crippen molar-refractivity contribution in [2.24, 2.45) is 0 Å². The lowest BCUT2D eigenvalue weighted by molar-refractivity contribution is -0.116. The number of aromatic nitrogens is 1. The van der Waals surface area contributed by atoms with Crippen LogP contribution in [-0.4, -0.2) is 24.1 Å². The van der Waals surface area contributed by atoms with Crippen molar-refractivity contribution in [1.82, 2.24) is 4.98 Å². The van der Waals surface area contributed by atoms with E-state index < -0.39 is 0 Å². The first-order valence-corrected chi connectivity index (χ1v) is 8.46. The molecule has 3 aromatic rings. The van der Waals surface area contributed by atoms with E-state index in [0.717, 1.165) is 22.6 Å². The minimum absolute atomic E-state index is 0.0126. The van der Waals surface area contributed by atoms with Gasteiger partial charge in [-0.2, -0.15) is 0 Å². The first kappa shape index (κ1) is 15.6. The van der Waals surface area contributed by atoms with Crippen LogP contribution < -0.4 is 14.8 Å². The molecule has 0 bridgehead atoms. The third-order valence-corrected chi connectivity index (χ3v) is 4.46. The molecule has 0 saturated heterocycles. The largest absolute Gasteiger partial charge is 0.486 e. The van der Waals surface area contributed by atoms with Crippen LogP contribution in [-0.2, 0) is 11.2 Å². The van der Waals surface area contributed by atoms with Crippen LogP contribution >= 0.6 is 0 Å². The van der Waals surface area contributed by atoms with E-state index in [0.29, 0.717) is 31.8 Å². The van der Waals surface area contributed by atoms with Gasteiger partial charge in [0.15, 0.2) is 11.5 Å². The number of hydrogen-bond donors (Lipinski definition) is 2. The number of rotatable bonds is 4. The molecule has 0 unspecified atom stereocenters. The zero-order valence-electron chi connectivity index (χ0n) is 14.1. The van der Waals surface area contributed by atoms with Gasteiger partial charge in [0.2, 0.25) is 5.91 Å². The summed E-state index contributed by atoms with van der Waals surface area (Å²) in [6.45, 7) is 3.14. The van der Waals surface area contributed by atoms with Crippen molar-refractivity contribution in [3.05, 3.63) is 53.7 Å². The van der Waals surface area contributed by atoms with E-state index in [1.54, 1.807) is 0 Å². The van der Waals surface area contributed by atoms with Crippen molar-refractivity contribution in [3.63, 3.8) is 0 Å². The smallest absolute Gasteiger partial charge is 0.224 e. The summed E-state index contributed by atoms with van der Waals surface area (Å²) in [7, 11) is 0. The van der Waals surface area contributed by atoms with Crippen molar-refractivity contribution < 1.29 is 14.3 Å². The molecule has 5 nitrogen and oxygen atoms in total. The Labute approximate surface area is 146 Å². The molecule has 2 aromatic carbocycles. The number of aromatic amines is 1. The molecule has 0 spiro atoms. The number of para-hydroxylation sites is 1. The van der Waals surface area contributed by atoms with E-state index in [1.807, 2.05) is 37.3 Å². The summed E-state index contributed by atoms with van der Waals surface area (Å²) < 4.78 is 11.0. The lowest BCUT2D eigenvalue weighted by Crippen LogP contribution is -2.16. The van der Waals surface area contributed by atoms with Crippen molar-refractivity contribution in [2.45, 2.75) is 19.8 Å². The van der Waals surface area contributed by atoms with E-state index in [2.05, 4.69) is 22.4 Å². The van der Waals surface area contributed by atoms with Crippen LogP contribution in [0.25, 0.3) is 10.9 Å². The third kappa shape index (κ3) is 3.18. The third-order valence-electron chi connectivity index (χ3n) is 4.46. The molecule has 2 N–H and O–H groups in total. The molecule has 1 aromatic heterocycles. The van der Waals surface area contributed by atoms with Crippen LogP contribution in [0.4, 0.5) is 5.69 Å².